The second-order valence-electron chi connectivity index (χ2n) is 7.38. The molecule has 0 bridgehead atoms. The fraction of sp³-hybridized carbons (Fsp3) is 0.300. The van der Waals surface area contributed by atoms with Crippen molar-refractivity contribution in [2.45, 2.75) is 19.3 Å². The van der Waals surface area contributed by atoms with Gasteiger partial charge in [0.25, 0.3) is 17.3 Å². The summed E-state index contributed by atoms with van der Waals surface area (Å²) in [5.74, 6) is -1.12. The number of para-hydroxylation sites is 2. The van der Waals surface area contributed by atoms with E-state index in [0.717, 1.165) is 31.4 Å². The Labute approximate surface area is 176 Å². The highest BCUT2D eigenvalue weighted by Gasteiger charge is 2.35. The highest BCUT2D eigenvalue weighted by Crippen LogP contribution is 2.40. The van der Waals surface area contributed by atoms with Crippen LogP contribution in [-0.4, -0.2) is 41.3 Å². The average Bonchev–Trinajstić information content (AvgIpc) is 2.77. The van der Waals surface area contributed by atoms with E-state index in [1.807, 2.05) is 0 Å². The van der Waals surface area contributed by atoms with Crippen LogP contribution in [0.15, 0.2) is 36.4 Å². The van der Waals surface area contributed by atoms with Gasteiger partial charge in [-0.1, -0.05) is 12.1 Å². The molecule has 2 heterocycles. The van der Waals surface area contributed by atoms with Gasteiger partial charge in [-0.2, -0.15) is 0 Å². The van der Waals surface area contributed by atoms with Gasteiger partial charge in [-0.3, -0.25) is 34.7 Å². The quantitative estimate of drug-likeness (QED) is 0.586. The maximum Gasteiger partial charge on any atom is 0.300 e. The molecule has 2 aliphatic rings. The zero-order chi connectivity index (χ0) is 22.1. The predicted octanol–water partition coefficient (Wildman–Crippen LogP) is 3.09. The number of carbonyl (C=O) groups excluding carboxylic acids is 2. The number of hydrogen-bond donors (Lipinski definition) is 1. The van der Waals surface area contributed by atoms with E-state index >= 15 is 0 Å². The van der Waals surface area contributed by atoms with E-state index in [0.29, 0.717) is 24.5 Å². The topological polar surface area (TPSA) is 139 Å². The zero-order valence-corrected chi connectivity index (χ0v) is 16.4. The number of fused-ring (bicyclic) bond motifs is 1. The van der Waals surface area contributed by atoms with Crippen LogP contribution in [0.4, 0.5) is 28.4 Å². The Bertz CT molecular complexity index is 1100. The number of anilines is 3. The summed E-state index contributed by atoms with van der Waals surface area (Å²) >= 11 is 0. The van der Waals surface area contributed by atoms with Crippen LogP contribution in [-0.2, 0) is 4.79 Å². The molecule has 11 nitrogen and oxygen atoms in total. The van der Waals surface area contributed by atoms with E-state index in [1.165, 1.54) is 4.90 Å². The van der Waals surface area contributed by atoms with E-state index < -0.39 is 33.0 Å². The average molecular weight is 425 g/mol. The van der Waals surface area contributed by atoms with Crippen molar-refractivity contribution in [1.29, 1.82) is 0 Å². The monoisotopic (exact) mass is 425 g/mol. The first-order chi connectivity index (χ1) is 14.9. The van der Waals surface area contributed by atoms with Crippen LogP contribution in [0.2, 0.25) is 0 Å². The number of piperidine rings is 1. The van der Waals surface area contributed by atoms with Gasteiger partial charge in [0.2, 0.25) is 5.91 Å². The first-order valence-electron chi connectivity index (χ1n) is 9.79. The predicted molar refractivity (Wildman–Crippen MR) is 113 cm³/mol. The molecule has 11 heteroatoms. The highest BCUT2D eigenvalue weighted by molar-refractivity contribution is 6.17. The molecular formula is C20H19N5O6. The lowest BCUT2D eigenvalue weighted by molar-refractivity contribution is -0.393. The normalized spacial score (nSPS) is 15.8. The van der Waals surface area contributed by atoms with Crippen molar-refractivity contribution in [3.05, 3.63) is 62.2 Å². The summed E-state index contributed by atoms with van der Waals surface area (Å²) in [6, 6.07) is 8.61. The van der Waals surface area contributed by atoms with Gasteiger partial charge in [-0.15, -0.1) is 0 Å². The van der Waals surface area contributed by atoms with Gasteiger partial charge in [-0.05, 0) is 31.4 Å². The minimum absolute atomic E-state index is 0.0590. The molecule has 2 aromatic rings. The Balaban J connectivity index is 1.90. The van der Waals surface area contributed by atoms with Crippen molar-refractivity contribution in [3.63, 3.8) is 0 Å². The molecule has 2 amide bonds. The molecule has 1 fully saturated rings. The van der Waals surface area contributed by atoms with E-state index in [4.69, 9.17) is 0 Å². The molecule has 1 N–H and O–H groups in total. The molecule has 0 unspecified atom stereocenters. The number of non-ortho nitro benzene ring substituents is 1. The number of rotatable bonds is 4. The summed E-state index contributed by atoms with van der Waals surface area (Å²) in [5, 5.41) is 25.9. The molecule has 0 saturated carbocycles. The number of nitro groups is 2. The van der Waals surface area contributed by atoms with Crippen LogP contribution in [0, 0.1) is 20.2 Å². The first kappa shape index (κ1) is 20.3. The zero-order valence-electron chi connectivity index (χ0n) is 16.4. The number of nitro benzene ring substituents is 2. The van der Waals surface area contributed by atoms with Gasteiger partial charge >= 0.3 is 0 Å². The SMILES string of the molecule is O=C1CN(C(=O)c2cc([N+](=O)[O-])cc([N+](=O)[O-])c2N2CCCCC2)c2ccccc2N1. The fourth-order valence-electron chi connectivity index (χ4n) is 4.02. The second kappa shape index (κ2) is 8.01. The van der Waals surface area contributed by atoms with Crippen molar-refractivity contribution in [2.75, 3.05) is 34.8 Å². The molecule has 0 radical (unpaired) electrons. The molecule has 0 spiro atoms. The van der Waals surface area contributed by atoms with Crippen molar-refractivity contribution in [3.8, 4) is 0 Å². The van der Waals surface area contributed by atoms with Gasteiger partial charge in [0.05, 0.1) is 32.9 Å². The van der Waals surface area contributed by atoms with Crippen molar-refractivity contribution < 1.29 is 19.4 Å². The van der Waals surface area contributed by atoms with Gasteiger partial charge in [0.15, 0.2) is 0 Å². The maximum atomic E-state index is 13.6. The van der Waals surface area contributed by atoms with Gasteiger partial charge < -0.3 is 10.2 Å². The Morgan fingerprint density at radius 2 is 1.71 bits per heavy atom. The third kappa shape index (κ3) is 3.77. The van der Waals surface area contributed by atoms with E-state index in [2.05, 4.69) is 5.32 Å². The fourth-order valence-corrected chi connectivity index (χ4v) is 4.02. The third-order valence-electron chi connectivity index (χ3n) is 5.40. The molecule has 31 heavy (non-hydrogen) atoms. The molecule has 2 aliphatic heterocycles. The van der Waals surface area contributed by atoms with Crippen molar-refractivity contribution in [1.82, 2.24) is 0 Å². The summed E-state index contributed by atoms with van der Waals surface area (Å²) in [4.78, 5) is 50.5. The van der Waals surface area contributed by atoms with E-state index in [9.17, 15) is 29.8 Å². The summed E-state index contributed by atoms with van der Waals surface area (Å²) in [6.45, 7) is 0.692. The first-order valence-corrected chi connectivity index (χ1v) is 9.79. The Hall–Kier alpha value is -4.02. The highest BCUT2D eigenvalue weighted by atomic mass is 16.6. The lowest BCUT2D eigenvalue weighted by atomic mass is 10.0. The van der Waals surface area contributed by atoms with Crippen LogP contribution in [0.5, 0.6) is 0 Å². The molecule has 1 saturated heterocycles. The minimum Gasteiger partial charge on any atom is -0.365 e. The summed E-state index contributed by atoms with van der Waals surface area (Å²) in [6.07, 6.45) is 2.54. The Kier molecular flexibility index (Phi) is 5.24. The Morgan fingerprint density at radius 3 is 2.39 bits per heavy atom. The number of hydrogen-bond acceptors (Lipinski definition) is 7. The molecule has 4 rings (SSSR count). The second-order valence-corrected chi connectivity index (χ2v) is 7.38. The third-order valence-corrected chi connectivity index (χ3v) is 5.40. The molecule has 2 aromatic carbocycles. The lowest BCUT2D eigenvalue weighted by Crippen LogP contribution is -2.43. The van der Waals surface area contributed by atoms with Gasteiger partial charge in [0.1, 0.15) is 12.2 Å². The smallest absolute Gasteiger partial charge is 0.300 e. The Morgan fingerprint density at radius 1 is 1.00 bits per heavy atom. The lowest BCUT2D eigenvalue weighted by Gasteiger charge is -2.32. The van der Waals surface area contributed by atoms with Crippen molar-refractivity contribution in [2.24, 2.45) is 0 Å². The van der Waals surface area contributed by atoms with Crippen LogP contribution in [0.3, 0.4) is 0 Å². The molecular weight excluding hydrogens is 406 g/mol. The summed E-state index contributed by atoms with van der Waals surface area (Å²) in [5.41, 5.74) is -0.298. The maximum absolute atomic E-state index is 13.6. The van der Waals surface area contributed by atoms with Gasteiger partial charge in [0, 0.05) is 19.2 Å². The van der Waals surface area contributed by atoms with Crippen molar-refractivity contribution >= 4 is 40.3 Å². The molecule has 0 atom stereocenters. The summed E-state index contributed by atoms with van der Waals surface area (Å²) in [7, 11) is 0. The number of amides is 2. The molecule has 0 aliphatic carbocycles. The largest absolute Gasteiger partial charge is 0.365 e. The number of nitrogens with zero attached hydrogens (tertiary/aromatic N) is 4. The standard InChI is InChI=1S/C20H19N5O6/c26-18-12-23(16-7-3-2-6-15(16)21-18)20(27)14-10-13(24(28)29)11-17(25(30)31)19(14)22-8-4-1-5-9-22/h2-3,6-7,10-11H,1,4-5,8-9,12H2,(H,21,26). The van der Waals surface area contributed by atoms with Crippen LogP contribution >= 0.6 is 0 Å². The van der Waals surface area contributed by atoms with Crippen LogP contribution in [0.1, 0.15) is 29.6 Å². The number of benzene rings is 2. The van der Waals surface area contributed by atoms with E-state index in [-0.39, 0.29) is 17.8 Å². The van der Waals surface area contributed by atoms with Crippen LogP contribution in [0.25, 0.3) is 0 Å². The molecule has 0 aromatic heterocycles. The number of nitrogens with one attached hydrogen (secondary N) is 1. The van der Waals surface area contributed by atoms with E-state index in [1.54, 1.807) is 29.2 Å². The number of carbonyl (C=O) groups is 2. The van der Waals surface area contributed by atoms with Gasteiger partial charge in [-0.25, -0.2) is 0 Å². The minimum atomic E-state index is -0.763. The summed E-state index contributed by atoms with van der Waals surface area (Å²) < 4.78 is 0. The van der Waals surface area contributed by atoms with Crippen LogP contribution < -0.4 is 15.1 Å². The molecule has 160 valence electrons.